The van der Waals surface area contributed by atoms with Crippen LogP contribution >= 0.6 is 0 Å². The number of β-amino-alcohol motifs (C(OH)–C–C–N with tert-alkyl or cyclic N) is 1. The lowest BCUT2D eigenvalue weighted by Gasteiger charge is -2.38. The Morgan fingerprint density at radius 1 is 1.50 bits per heavy atom. The molecule has 0 aliphatic carbocycles. The molecule has 2 fully saturated rings. The highest BCUT2D eigenvalue weighted by Crippen LogP contribution is 2.18. The number of hydrogen-bond acceptors (Lipinski definition) is 3. The molecule has 0 bridgehead atoms. The fourth-order valence-electron chi connectivity index (χ4n) is 2.22. The Morgan fingerprint density at radius 3 is 2.71 bits per heavy atom. The summed E-state index contributed by atoms with van der Waals surface area (Å²) < 4.78 is 0. The minimum atomic E-state index is -0.331. The first-order chi connectivity index (χ1) is 6.66. The molecule has 2 aliphatic rings. The van der Waals surface area contributed by atoms with Crippen molar-refractivity contribution in [2.75, 3.05) is 19.6 Å². The molecule has 14 heavy (non-hydrogen) atoms. The Hall–Kier alpha value is -0.610. The van der Waals surface area contributed by atoms with Crippen LogP contribution in [0.15, 0.2) is 0 Å². The smallest absolute Gasteiger partial charge is 0.239 e. The molecule has 2 N–H and O–H groups in total. The normalized spacial score (nSPS) is 37.9. The highest BCUT2D eigenvalue weighted by Gasteiger charge is 2.33. The summed E-state index contributed by atoms with van der Waals surface area (Å²) >= 11 is 0. The topological polar surface area (TPSA) is 52.6 Å². The zero-order valence-corrected chi connectivity index (χ0v) is 8.57. The summed E-state index contributed by atoms with van der Waals surface area (Å²) in [7, 11) is 0. The van der Waals surface area contributed by atoms with Gasteiger partial charge in [0.05, 0.1) is 12.1 Å². The number of aliphatic hydroxyl groups excluding tert-OH is 1. The van der Waals surface area contributed by atoms with Gasteiger partial charge in [-0.05, 0) is 25.3 Å². The molecule has 0 spiro atoms. The maximum Gasteiger partial charge on any atom is 0.239 e. The van der Waals surface area contributed by atoms with Crippen LogP contribution in [0.5, 0.6) is 0 Å². The minimum absolute atomic E-state index is 0.0208. The summed E-state index contributed by atoms with van der Waals surface area (Å²) in [6, 6.07) is 0.0208. The molecule has 2 rings (SSSR count). The number of rotatable bonds is 1. The van der Waals surface area contributed by atoms with E-state index in [1.807, 2.05) is 0 Å². The van der Waals surface area contributed by atoms with Gasteiger partial charge in [0.2, 0.25) is 5.91 Å². The molecular weight excluding hydrogens is 180 g/mol. The van der Waals surface area contributed by atoms with Crippen LogP contribution in [0.4, 0.5) is 0 Å². The fourth-order valence-corrected chi connectivity index (χ4v) is 2.22. The molecule has 2 aliphatic heterocycles. The third-order valence-corrected chi connectivity index (χ3v) is 3.07. The van der Waals surface area contributed by atoms with E-state index in [1.54, 1.807) is 4.90 Å². The second-order valence-corrected chi connectivity index (χ2v) is 4.53. The predicted molar refractivity (Wildman–Crippen MR) is 52.8 cm³/mol. The molecule has 1 amide bonds. The molecule has 2 heterocycles. The van der Waals surface area contributed by atoms with Crippen molar-refractivity contribution >= 4 is 5.91 Å². The van der Waals surface area contributed by atoms with Crippen LogP contribution in [0.3, 0.4) is 0 Å². The Balaban J connectivity index is 1.92. The first-order valence-corrected chi connectivity index (χ1v) is 5.37. The van der Waals surface area contributed by atoms with Crippen molar-refractivity contribution in [1.29, 1.82) is 0 Å². The van der Waals surface area contributed by atoms with Gasteiger partial charge in [-0.3, -0.25) is 4.79 Å². The second kappa shape index (κ2) is 3.87. The third kappa shape index (κ3) is 1.91. The summed E-state index contributed by atoms with van der Waals surface area (Å²) in [5, 5.41) is 12.7. The van der Waals surface area contributed by atoms with E-state index in [0.29, 0.717) is 12.5 Å². The van der Waals surface area contributed by atoms with Crippen molar-refractivity contribution in [2.45, 2.75) is 31.9 Å². The summed E-state index contributed by atoms with van der Waals surface area (Å²) in [5.41, 5.74) is 0. The Kier molecular flexibility index (Phi) is 2.74. The molecule has 4 nitrogen and oxygen atoms in total. The summed E-state index contributed by atoms with van der Waals surface area (Å²) in [6.07, 6.45) is 1.43. The number of piperidine rings is 1. The quantitative estimate of drug-likeness (QED) is 0.601. The molecular formula is C10H18N2O2. The van der Waals surface area contributed by atoms with Crippen LogP contribution in [0.1, 0.15) is 19.8 Å². The van der Waals surface area contributed by atoms with Gasteiger partial charge in [-0.2, -0.15) is 0 Å². The van der Waals surface area contributed by atoms with Gasteiger partial charge in [0.25, 0.3) is 0 Å². The molecule has 0 aromatic rings. The highest BCUT2D eigenvalue weighted by molar-refractivity contribution is 5.82. The summed E-state index contributed by atoms with van der Waals surface area (Å²) in [4.78, 5) is 13.6. The number of hydrogen-bond donors (Lipinski definition) is 2. The van der Waals surface area contributed by atoms with E-state index < -0.39 is 0 Å². The van der Waals surface area contributed by atoms with E-state index in [2.05, 4.69) is 12.2 Å². The molecule has 80 valence electrons. The third-order valence-electron chi connectivity index (χ3n) is 3.07. The Morgan fingerprint density at radius 2 is 2.21 bits per heavy atom. The first-order valence-electron chi connectivity index (χ1n) is 5.37. The molecule has 2 saturated heterocycles. The van der Waals surface area contributed by atoms with Crippen LogP contribution in [0.25, 0.3) is 0 Å². The van der Waals surface area contributed by atoms with Crippen molar-refractivity contribution in [1.82, 2.24) is 10.2 Å². The number of aliphatic hydroxyl groups is 1. The van der Waals surface area contributed by atoms with Crippen LogP contribution in [0.2, 0.25) is 0 Å². The van der Waals surface area contributed by atoms with Gasteiger partial charge in [0.15, 0.2) is 0 Å². The Bertz CT molecular complexity index is 218. The minimum Gasteiger partial charge on any atom is -0.391 e. The standard InChI is InChI=1S/C10H18N2O2/c1-7-4-8(13)6-12(5-7)10(14)9-2-3-11-9/h7-9,11,13H,2-6H2,1H3. The average molecular weight is 198 g/mol. The van der Waals surface area contributed by atoms with Crippen LogP contribution in [0, 0.1) is 5.92 Å². The van der Waals surface area contributed by atoms with Crippen molar-refractivity contribution < 1.29 is 9.90 Å². The van der Waals surface area contributed by atoms with E-state index in [9.17, 15) is 9.90 Å². The summed E-state index contributed by atoms with van der Waals surface area (Å²) in [5.74, 6) is 0.588. The van der Waals surface area contributed by atoms with Crippen molar-refractivity contribution in [3.63, 3.8) is 0 Å². The first kappa shape index (κ1) is 9.93. The van der Waals surface area contributed by atoms with Crippen molar-refractivity contribution in [3.8, 4) is 0 Å². The Labute approximate surface area is 84.3 Å². The number of amides is 1. The summed E-state index contributed by atoms with van der Waals surface area (Å²) in [6.45, 7) is 4.34. The number of likely N-dealkylation sites (tertiary alicyclic amines) is 1. The maximum absolute atomic E-state index is 11.8. The lowest BCUT2D eigenvalue weighted by Crippen LogP contribution is -2.57. The fraction of sp³-hybridized carbons (Fsp3) is 0.900. The van der Waals surface area contributed by atoms with E-state index in [1.165, 1.54) is 0 Å². The molecule has 4 heteroatoms. The van der Waals surface area contributed by atoms with Gasteiger partial charge < -0.3 is 15.3 Å². The lowest BCUT2D eigenvalue weighted by atomic mass is 9.96. The molecule has 3 atom stereocenters. The van der Waals surface area contributed by atoms with Crippen LogP contribution < -0.4 is 5.32 Å². The van der Waals surface area contributed by atoms with Gasteiger partial charge in [-0.1, -0.05) is 6.92 Å². The van der Waals surface area contributed by atoms with Crippen molar-refractivity contribution in [3.05, 3.63) is 0 Å². The maximum atomic E-state index is 11.8. The monoisotopic (exact) mass is 198 g/mol. The average Bonchev–Trinajstić information content (AvgIpc) is 1.98. The van der Waals surface area contributed by atoms with Gasteiger partial charge >= 0.3 is 0 Å². The molecule has 3 unspecified atom stereocenters. The number of nitrogens with one attached hydrogen (secondary N) is 1. The lowest BCUT2D eigenvalue weighted by molar-refractivity contribution is -0.139. The van der Waals surface area contributed by atoms with Gasteiger partial charge in [-0.25, -0.2) is 0 Å². The van der Waals surface area contributed by atoms with E-state index >= 15 is 0 Å². The SMILES string of the molecule is CC1CC(O)CN(C(=O)C2CCN2)C1. The largest absolute Gasteiger partial charge is 0.391 e. The van der Waals surface area contributed by atoms with Gasteiger partial charge in [0, 0.05) is 13.1 Å². The highest BCUT2D eigenvalue weighted by atomic mass is 16.3. The number of carbonyl (C=O) groups is 1. The number of carbonyl (C=O) groups excluding carboxylic acids is 1. The van der Waals surface area contributed by atoms with Gasteiger partial charge in [0.1, 0.15) is 0 Å². The van der Waals surface area contributed by atoms with E-state index in [4.69, 9.17) is 0 Å². The number of nitrogens with zero attached hydrogens (tertiary/aromatic N) is 1. The van der Waals surface area contributed by atoms with Gasteiger partial charge in [-0.15, -0.1) is 0 Å². The zero-order valence-electron chi connectivity index (χ0n) is 8.57. The zero-order chi connectivity index (χ0) is 10.1. The second-order valence-electron chi connectivity index (χ2n) is 4.53. The van der Waals surface area contributed by atoms with Crippen LogP contribution in [-0.2, 0) is 4.79 Å². The van der Waals surface area contributed by atoms with Crippen molar-refractivity contribution in [2.24, 2.45) is 5.92 Å². The molecule has 0 radical (unpaired) electrons. The van der Waals surface area contributed by atoms with E-state index in [0.717, 1.165) is 25.9 Å². The molecule has 0 aromatic carbocycles. The van der Waals surface area contributed by atoms with E-state index in [-0.39, 0.29) is 18.1 Å². The van der Waals surface area contributed by atoms with Crippen LogP contribution in [-0.4, -0.2) is 47.7 Å². The molecule has 0 aromatic heterocycles. The predicted octanol–water partition coefficient (Wildman–Crippen LogP) is -0.422. The molecule has 0 saturated carbocycles.